The molecule has 0 fully saturated rings. The smallest absolute Gasteiger partial charge is 0.408 e. The highest BCUT2D eigenvalue weighted by atomic mass is 16.6. The van der Waals surface area contributed by atoms with E-state index in [0.29, 0.717) is 0 Å². The number of carbonyl (C=O) groups is 2. The fraction of sp³-hybridized carbons (Fsp3) is 0.333. The number of ether oxygens (including phenoxy) is 3. The van der Waals surface area contributed by atoms with Gasteiger partial charge in [-0.1, -0.05) is 54.6 Å². The summed E-state index contributed by atoms with van der Waals surface area (Å²) in [7, 11) is 1.61. The summed E-state index contributed by atoms with van der Waals surface area (Å²) in [6.07, 6.45) is 3.27. The first kappa shape index (κ1) is 23.0. The summed E-state index contributed by atoms with van der Waals surface area (Å²) in [6.45, 7) is 5.46. The van der Waals surface area contributed by atoms with Crippen molar-refractivity contribution in [3.8, 4) is 5.75 Å². The summed E-state index contributed by atoms with van der Waals surface area (Å²) in [4.78, 5) is 24.8. The molecule has 30 heavy (non-hydrogen) atoms. The van der Waals surface area contributed by atoms with Crippen molar-refractivity contribution in [2.75, 3.05) is 7.11 Å². The molecule has 0 unspecified atom stereocenters. The van der Waals surface area contributed by atoms with Crippen molar-refractivity contribution in [1.29, 1.82) is 0 Å². The van der Waals surface area contributed by atoms with Crippen LogP contribution in [0.4, 0.5) is 4.79 Å². The Morgan fingerprint density at radius 2 is 1.70 bits per heavy atom. The molecule has 0 aromatic heterocycles. The zero-order valence-corrected chi connectivity index (χ0v) is 17.9. The minimum Gasteiger partial charge on any atom is -0.497 e. The van der Waals surface area contributed by atoms with Gasteiger partial charge in [-0.3, -0.25) is 0 Å². The van der Waals surface area contributed by atoms with Gasteiger partial charge in [0.25, 0.3) is 0 Å². The maximum absolute atomic E-state index is 12.6. The van der Waals surface area contributed by atoms with Crippen molar-refractivity contribution in [2.24, 2.45) is 0 Å². The number of hydrogen-bond donors (Lipinski definition) is 1. The van der Waals surface area contributed by atoms with Gasteiger partial charge in [-0.05, 0) is 50.5 Å². The molecule has 0 saturated heterocycles. The molecule has 160 valence electrons. The first-order valence-corrected chi connectivity index (χ1v) is 9.77. The molecule has 6 nitrogen and oxygen atoms in total. The van der Waals surface area contributed by atoms with Gasteiger partial charge in [0.2, 0.25) is 0 Å². The molecule has 2 aromatic carbocycles. The van der Waals surface area contributed by atoms with Gasteiger partial charge in [-0.15, -0.1) is 0 Å². The predicted octanol–water partition coefficient (Wildman–Crippen LogP) is 4.74. The quantitative estimate of drug-likeness (QED) is 0.636. The number of benzene rings is 2. The number of hydrogen-bond acceptors (Lipinski definition) is 5. The molecular formula is C24H29NO5. The molecular weight excluding hydrogens is 382 g/mol. The number of amides is 1. The van der Waals surface area contributed by atoms with Crippen LogP contribution in [0.2, 0.25) is 0 Å². The number of nitrogens with one attached hydrogen (secondary N) is 1. The van der Waals surface area contributed by atoms with Gasteiger partial charge in [0.1, 0.15) is 24.0 Å². The molecule has 0 aliphatic heterocycles. The van der Waals surface area contributed by atoms with E-state index in [2.05, 4.69) is 5.32 Å². The highest BCUT2D eigenvalue weighted by Gasteiger charge is 2.26. The maximum Gasteiger partial charge on any atom is 0.408 e. The first-order chi connectivity index (χ1) is 14.3. The van der Waals surface area contributed by atoms with E-state index >= 15 is 0 Å². The third-order valence-corrected chi connectivity index (χ3v) is 3.99. The van der Waals surface area contributed by atoms with E-state index in [1.165, 1.54) is 0 Å². The molecule has 6 heteroatoms. The lowest BCUT2D eigenvalue weighted by molar-refractivity contribution is -0.157. The summed E-state index contributed by atoms with van der Waals surface area (Å²) in [5.41, 5.74) is 1.15. The van der Waals surface area contributed by atoms with Gasteiger partial charge in [0, 0.05) is 0 Å². The van der Waals surface area contributed by atoms with Crippen molar-refractivity contribution in [1.82, 2.24) is 5.32 Å². The van der Waals surface area contributed by atoms with Crippen LogP contribution in [0.3, 0.4) is 0 Å². The van der Waals surface area contributed by atoms with Gasteiger partial charge in [-0.2, -0.15) is 0 Å². The van der Waals surface area contributed by atoms with E-state index in [0.717, 1.165) is 16.9 Å². The van der Waals surface area contributed by atoms with Crippen LogP contribution in [0.25, 0.3) is 6.08 Å². The Bertz CT molecular complexity index is 838. The van der Waals surface area contributed by atoms with Crippen LogP contribution < -0.4 is 10.1 Å². The molecule has 0 bridgehead atoms. The highest BCUT2D eigenvalue weighted by Crippen LogP contribution is 2.14. The van der Waals surface area contributed by atoms with Gasteiger partial charge in [-0.25, -0.2) is 9.59 Å². The van der Waals surface area contributed by atoms with E-state index < -0.39 is 23.7 Å². The molecule has 0 aliphatic rings. The molecule has 1 amide bonds. The zero-order valence-electron chi connectivity index (χ0n) is 17.9. The van der Waals surface area contributed by atoms with Crippen LogP contribution >= 0.6 is 0 Å². The number of methoxy groups -OCH3 is 1. The molecule has 0 saturated carbocycles. The number of alkyl carbamates (subject to hydrolysis) is 1. The number of rotatable bonds is 8. The fourth-order valence-corrected chi connectivity index (χ4v) is 2.55. The molecule has 1 N–H and O–H groups in total. The Kier molecular flexibility index (Phi) is 8.47. The lowest BCUT2D eigenvalue weighted by atomic mass is 10.1. The van der Waals surface area contributed by atoms with Crippen LogP contribution in [0.15, 0.2) is 60.7 Å². The topological polar surface area (TPSA) is 73.9 Å². The molecule has 0 radical (unpaired) electrons. The summed E-state index contributed by atoms with van der Waals surface area (Å²) in [6, 6.07) is 16.0. The SMILES string of the molecule is COc1ccc(/C=C/C[C@H](NC(=O)OCc2ccccc2)C(=O)OC(C)(C)C)cc1. The Balaban J connectivity index is 1.98. The van der Waals surface area contributed by atoms with E-state index in [1.807, 2.05) is 66.7 Å². The van der Waals surface area contributed by atoms with Crippen molar-refractivity contribution in [2.45, 2.75) is 45.4 Å². The van der Waals surface area contributed by atoms with Crippen LogP contribution in [0, 0.1) is 0 Å². The molecule has 0 spiro atoms. The average Bonchev–Trinajstić information content (AvgIpc) is 2.71. The molecule has 0 heterocycles. The zero-order chi connectivity index (χ0) is 22.0. The Morgan fingerprint density at radius 1 is 1.03 bits per heavy atom. The Labute approximate surface area is 177 Å². The second-order valence-corrected chi connectivity index (χ2v) is 7.70. The van der Waals surface area contributed by atoms with Crippen molar-refractivity contribution >= 4 is 18.1 Å². The summed E-state index contributed by atoms with van der Waals surface area (Å²) >= 11 is 0. The Hall–Kier alpha value is -3.28. The minimum absolute atomic E-state index is 0.120. The fourth-order valence-electron chi connectivity index (χ4n) is 2.55. The molecule has 2 rings (SSSR count). The van der Waals surface area contributed by atoms with Crippen molar-refractivity contribution < 1.29 is 23.8 Å². The summed E-state index contributed by atoms with van der Waals surface area (Å²) < 4.78 is 15.8. The number of esters is 1. The second kappa shape index (κ2) is 11.0. The number of carbonyl (C=O) groups excluding carboxylic acids is 2. The summed E-state index contributed by atoms with van der Waals surface area (Å²) in [5, 5.41) is 2.61. The van der Waals surface area contributed by atoms with Gasteiger partial charge >= 0.3 is 12.1 Å². The standard InChI is InChI=1S/C24H29NO5/c1-24(2,3)30-22(26)21(12-8-11-18-13-15-20(28-4)16-14-18)25-23(27)29-17-19-9-6-5-7-10-19/h5-11,13-16,21H,12,17H2,1-4H3,(H,25,27)/b11-8+/t21-/m0/s1. The van der Waals surface area contributed by atoms with Crippen LogP contribution in [0.1, 0.15) is 38.3 Å². The van der Waals surface area contributed by atoms with Gasteiger partial charge < -0.3 is 19.5 Å². The van der Waals surface area contributed by atoms with Crippen LogP contribution in [-0.4, -0.2) is 30.8 Å². The molecule has 1 atom stereocenters. The first-order valence-electron chi connectivity index (χ1n) is 9.77. The van der Waals surface area contributed by atoms with Crippen LogP contribution in [0.5, 0.6) is 5.75 Å². The third-order valence-electron chi connectivity index (χ3n) is 3.99. The van der Waals surface area contributed by atoms with E-state index in [9.17, 15) is 9.59 Å². The highest BCUT2D eigenvalue weighted by molar-refractivity contribution is 5.82. The van der Waals surface area contributed by atoms with Gasteiger partial charge in [0.05, 0.1) is 7.11 Å². The normalized spacial score (nSPS) is 12.3. The summed E-state index contributed by atoms with van der Waals surface area (Å²) in [5.74, 6) is 0.250. The minimum atomic E-state index is -0.859. The average molecular weight is 411 g/mol. The lowest BCUT2D eigenvalue weighted by Gasteiger charge is -2.24. The van der Waals surface area contributed by atoms with E-state index in [4.69, 9.17) is 14.2 Å². The maximum atomic E-state index is 12.6. The van der Waals surface area contributed by atoms with Crippen molar-refractivity contribution in [3.63, 3.8) is 0 Å². The third kappa shape index (κ3) is 8.39. The van der Waals surface area contributed by atoms with E-state index in [1.54, 1.807) is 27.9 Å². The second-order valence-electron chi connectivity index (χ2n) is 7.70. The molecule has 0 aliphatic carbocycles. The largest absolute Gasteiger partial charge is 0.497 e. The lowest BCUT2D eigenvalue weighted by Crippen LogP contribution is -2.44. The van der Waals surface area contributed by atoms with Crippen molar-refractivity contribution in [3.05, 3.63) is 71.8 Å². The molecule has 2 aromatic rings. The monoisotopic (exact) mass is 411 g/mol. The van der Waals surface area contributed by atoms with E-state index in [-0.39, 0.29) is 13.0 Å². The predicted molar refractivity (Wildman–Crippen MR) is 116 cm³/mol. The van der Waals surface area contributed by atoms with Gasteiger partial charge in [0.15, 0.2) is 0 Å². The van der Waals surface area contributed by atoms with Crippen LogP contribution in [-0.2, 0) is 20.9 Å². The Morgan fingerprint density at radius 3 is 2.30 bits per heavy atom.